The quantitative estimate of drug-likeness (QED) is 0.266. The maximum atomic E-state index is 12.3. The number of benzene rings is 2. The lowest BCUT2D eigenvalue weighted by Gasteiger charge is -2.05. The van der Waals surface area contributed by atoms with E-state index in [1.54, 1.807) is 10.6 Å². The summed E-state index contributed by atoms with van der Waals surface area (Å²) in [4.78, 5) is 22.7. The number of carbonyl (C=O) groups is 1. The molecule has 0 fully saturated rings. The molecule has 31 heavy (non-hydrogen) atoms. The van der Waals surface area contributed by atoms with Crippen LogP contribution in [-0.2, 0) is 11.2 Å². The largest absolute Gasteiger partial charge is 0.325 e. The molecule has 1 N–H and O–H groups in total. The summed E-state index contributed by atoms with van der Waals surface area (Å²) in [5.41, 5.74) is 3.86. The molecule has 1 amide bonds. The Morgan fingerprint density at radius 1 is 1.13 bits per heavy atom. The Morgan fingerprint density at radius 3 is 2.68 bits per heavy atom. The molecular formula is C21H18N6O3S. The van der Waals surface area contributed by atoms with Crippen LogP contribution < -0.4 is 5.32 Å². The molecule has 0 spiro atoms. The summed E-state index contributed by atoms with van der Waals surface area (Å²) in [5, 5.41) is 26.8. The fourth-order valence-corrected chi connectivity index (χ4v) is 3.64. The number of thioether (sulfide) groups is 1. The number of nitro groups is 1. The van der Waals surface area contributed by atoms with Gasteiger partial charge >= 0.3 is 0 Å². The first kappa shape index (κ1) is 20.5. The van der Waals surface area contributed by atoms with E-state index >= 15 is 0 Å². The van der Waals surface area contributed by atoms with E-state index in [0.29, 0.717) is 16.5 Å². The van der Waals surface area contributed by atoms with Crippen LogP contribution in [-0.4, -0.2) is 36.4 Å². The molecule has 156 valence electrons. The highest BCUT2D eigenvalue weighted by Gasteiger charge is 2.13. The van der Waals surface area contributed by atoms with Crippen molar-refractivity contribution in [2.45, 2.75) is 18.5 Å². The highest BCUT2D eigenvalue weighted by atomic mass is 32.2. The summed E-state index contributed by atoms with van der Waals surface area (Å²) >= 11 is 1.19. The Kier molecular flexibility index (Phi) is 5.89. The van der Waals surface area contributed by atoms with Gasteiger partial charge in [0.05, 0.1) is 16.4 Å². The van der Waals surface area contributed by atoms with Gasteiger partial charge in [0.2, 0.25) is 11.1 Å². The third-order valence-electron chi connectivity index (χ3n) is 4.57. The Hall–Kier alpha value is -3.79. The second-order valence-corrected chi connectivity index (χ2v) is 7.61. The minimum absolute atomic E-state index is 0.0561. The molecule has 4 aromatic rings. The number of aryl methyl sites for hydroxylation is 1. The minimum Gasteiger partial charge on any atom is -0.325 e. The number of hydrogen-bond acceptors (Lipinski definition) is 7. The molecule has 0 saturated carbocycles. The first-order chi connectivity index (χ1) is 15.0. The number of hydrogen-bond donors (Lipinski definition) is 1. The fourth-order valence-electron chi connectivity index (χ4n) is 2.95. The van der Waals surface area contributed by atoms with Gasteiger partial charge in [0.25, 0.3) is 5.69 Å². The fraction of sp³-hybridized carbons (Fsp3) is 0.143. The lowest BCUT2D eigenvalue weighted by molar-refractivity contribution is -0.384. The smallest absolute Gasteiger partial charge is 0.271 e. The van der Waals surface area contributed by atoms with Crippen LogP contribution in [0.15, 0.2) is 65.8 Å². The molecule has 2 heterocycles. The normalized spacial score (nSPS) is 10.9. The number of non-ortho nitro benzene ring substituents is 1. The maximum Gasteiger partial charge on any atom is 0.271 e. The first-order valence-corrected chi connectivity index (χ1v) is 10.5. The van der Waals surface area contributed by atoms with E-state index in [-0.39, 0.29) is 17.3 Å². The number of carbonyl (C=O) groups excluding carboxylic acids is 1. The van der Waals surface area contributed by atoms with Gasteiger partial charge in [0, 0.05) is 23.4 Å². The van der Waals surface area contributed by atoms with Crippen molar-refractivity contribution in [3.05, 3.63) is 76.3 Å². The van der Waals surface area contributed by atoms with Gasteiger partial charge in [-0.15, -0.1) is 10.2 Å². The SMILES string of the molecule is CCc1ccc(-c2ccc3nnc(SCC(=O)Nc4cccc([N+](=O)[O-])c4)n3n2)cc1. The van der Waals surface area contributed by atoms with E-state index in [1.807, 2.05) is 24.3 Å². The Bertz CT molecular complexity index is 1260. The zero-order chi connectivity index (χ0) is 21.8. The van der Waals surface area contributed by atoms with Gasteiger partial charge in [-0.1, -0.05) is 49.0 Å². The van der Waals surface area contributed by atoms with Crippen molar-refractivity contribution in [2.75, 3.05) is 11.1 Å². The molecule has 4 rings (SSSR count). The lowest BCUT2D eigenvalue weighted by Crippen LogP contribution is -2.14. The van der Waals surface area contributed by atoms with Crippen molar-refractivity contribution in [3.63, 3.8) is 0 Å². The molecule has 0 aliphatic carbocycles. The van der Waals surface area contributed by atoms with Gasteiger partial charge in [-0.3, -0.25) is 14.9 Å². The number of fused-ring (bicyclic) bond motifs is 1. The molecule has 0 aliphatic heterocycles. The number of nitro benzene ring substituents is 1. The van der Waals surface area contributed by atoms with Crippen LogP contribution in [0.1, 0.15) is 12.5 Å². The summed E-state index contributed by atoms with van der Waals surface area (Å²) in [6.45, 7) is 2.11. The van der Waals surface area contributed by atoms with Crippen LogP contribution in [0.2, 0.25) is 0 Å². The Morgan fingerprint density at radius 2 is 1.94 bits per heavy atom. The van der Waals surface area contributed by atoms with E-state index < -0.39 is 4.92 Å². The van der Waals surface area contributed by atoms with E-state index in [9.17, 15) is 14.9 Å². The third-order valence-corrected chi connectivity index (χ3v) is 5.48. The van der Waals surface area contributed by atoms with Crippen molar-refractivity contribution >= 4 is 34.7 Å². The average molecular weight is 434 g/mol. The molecule has 0 bridgehead atoms. The summed E-state index contributed by atoms with van der Waals surface area (Å²) in [6.07, 6.45) is 0.970. The van der Waals surface area contributed by atoms with Gasteiger partial charge in [0.15, 0.2) is 5.65 Å². The summed E-state index contributed by atoms with van der Waals surface area (Å²) in [6, 6.07) is 17.7. The number of nitrogens with zero attached hydrogens (tertiary/aromatic N) is 5. The second kappa shape index (κ2) is 8.92. The molecule has 9 nitrogen and oxygen atoms in total. The van der Waals surface area contributed by atoms with Crippen LogP contribution in [0.25, 0.3) is 16.9 Å². The lowest BCUT2D eigenvalue weighted by atomic mass is 10.1. The number of rotatable bonds is 7. The van der Waals surface area contributed by atoms with Crippen LogP contribution in [0.5, 0.6) is 0 Å². The Balaban J connectivity index is 1.47. The van der Waals surface area contributed by atoms with Crippen molar-refractivity contribution in [1.82, 2.24) is 19.8 Å². The summed E-state index contributed by atoms with van der Waals surface area (Å²) in [7, 11) is 0. The molecule has 0 aliphatic rings. The zero-order valence-electron chi connectivity index (χ0n) is 16.6. The van der Waals surface area contributed by atoms with Gasteiger partial charge in [0.1, 0.15) is 0 Å². The molecule has 10 heteroatoms. The van der Waals surface area contributed by atoms with Crippen LogP contribution in [0.4, 0.5) is 11.4 Å². The van der Waals surface area contributed by atoms with E-state index in [4.69, 9.17) is 0 Å². The van der Waals surface area contributed by atoms with Gasteiger partial charge < -0.3 is 5.32 Å². The second-order valence-electron chi connectivity index (χ2n) is 6.67. The highest BCUT2D eigenvalue weighted by molar-refractivity contribution is 7.99. The van der Waals surface area contributed by atoms with Crippen LogP contribution in [0, 0.1) is 10.1 Å². The van der Waals surface area contributed by atoms with Crippen molar-refractivity contribution < 1.29 is 9.72 Å². The zero-order valence-corrected chi connectivity index (χ0v) is 17.4. The molecule has 0 radical (unpaired) electrons. The van der Waals surface area contributed by atoms with Crippen LogP contribution >= 0.6 is 11.8 Å². The van der Waals surface area contributed by atoms with E-state index in [1.165, 1.54) is 35.5 Å². The number of nitrogens with one attached hydrogen (secondary N) is 1. The number of aromatic nitrogens is 4. The van der Waals surface area contributed by atoms with Crippen molar-refractivity contribution in [2.24, 2.45) is 0 Å². The average Bonchev–Trinajstić information content (AvgIpc) is 3.20. The predicted octanol–water partition coefficient (Wildman–Crippen LogP) is 3.99. The topological polar surface area (TPSA) is 115 Å². The van der Waals surface area contributed by atoms with Gasteiger partial charge in [-0.25, -0.2) is 0 Å². The standard InChI is InChI=1S/C21H18N6O3S/c1-2-14-6-8-15(9-7-14)18-10-11-19-23-24-21(26(19)25-18)31-13-20(28)22-16-4-3-5-17(12-16)27(29)30/h3-12H,2,13H2,1H3,(H,22,28). The molecular weight excluding hydrogens is 416 g/mol. The predicted molar refractivity (Wildman–Crippen MR) is 118 cm³/mol. The third kappa shape index (κ3) is 4.69. The molecule has 0 atom stereocenters. The minimum atomic E-state index is -0.508. The van der Waals surface area contributed by atoms with Crippen molar-refractivity contribution in [1.29, 1.82) is 0 Å². The summed E-state index contributed by atoms with van der Waals surface area (Å²) < 4.78 is 1.61. The molecule has 2 aromatic heterocycles. The maximum absolute atomic E-state index is 12.3. The van der Waals surface area contributed by atoms with E-state index in [0.717, 1.165) is 17.7 Å². The Labute approximate surface area is 181 Å². The van der Waals surface area contributed by atoms with Crippen molar-refractivity contribution in [3.8, 4) is 11.3 Å². The molecule has 2 aromatic carbocycles. The monoisotopic (exact) mass is 434 g/mol. The van der Waals surface area contributed by atoms with Gasteiger partial charge in [-0.05, 0) is 30.2 Å². The molecule has 0 saturated heterocycles. The number of anilines is 1. The number of amides is 1. The summed E-state index contributed by atoms with van der Waals surface area (Å²) in [5.74, 6) is -0.255. The highest BCUT2D eigenvalue weighted by Crippen LogP contribution is 2.22. The molecule has 0 unspecified atom stereocenters. The van der Waals surface area contributed by atoms with Gasteiger partial charge in [-0.2, -0.15) is 9.61 Å². The first-order valence-electron chi connectivity index (χ1n) is 9.52. The van der Waals surface area contributed by atoms with E-state index in [2.05, 4.69) is 39.7 Å². The van der Waals surface area contributed by atoms with Crippen LogP contribution in [0.3, 0.4) is 0 Å².